The van der Waals surface area contributed by atoms with Crippen LogP contribution in [0.4, 0.5) is 0 Å². The summed E-state index contributed by atoms with van der Waals surface area (Å²) in [6.45, 7) is 6.69. The molecule has 0 amide bonds. The van der Waals surface area contributed by atoms with Gasteiger partial charge in [0.2, 0.25) is 0 Å². The van der Waals surface area contributed by atoms with Gasteiger partial charge in [0, 0.05) is 19.3 Å². The van der Waals surface area contributed by atoms with Crippen LogP contribution in [-0.2, 0) is 28.6 Å². The summed E-state index contributed by atoms with van der Waals surface area (Å²) in [4.78, 5) is 38.4. The van der Waals surface area contributed by atoms with E-state index in [1.807, 2.05) is 0 Å². The van der Waals surface area contributed by atoms with Gasteiger partial charge in [-0.3, -0.25) is 14.4 Å². The number of unbranched alkanes of at least 4 members (excludes halogenated alkanes) is 47. The molecule has 0 spiro atoms. The Labute approximate surface area is 498 Å². The zero-order valence-corrected chi connectivity index (χ0v) is 53.9. The summed E-state index contributed by atoms with van der Waals surface area (Å²) in [6.07, 6.45) is 87.1. The Hall–Kier alpha value is -2.63. The van der Waals surface area contributed by atoms with Crippen LogP contribution in [-0.4, -0.2) is 37.2 Å². The van der Waals surface area contributed by atoms with E-state index in [1.54, 1.807) is 0 Å². The van der Waals surface area contributed by atoms with Gasteiger partial charge in [-0.1, -0.05) is 333 Å². The van der Waals surface area contributed by atoms with Gasteiger partial charge in [-0.25, -0.2) is 0 Å². The highest BCUT2D eigenvalue weighted by Crippen LogP contribution is 2.18. The Bertz CT molecular complexity index is 1380. The van der Waals surface area contributed by atoms with E-state index < -0.39 is 6.10 Å². The van der Waals surface area contributed by atoms with Crippen LogP contribution in [0.15, 0.2) is 48.6 Å². The first-order valence-corrected chi connectivity index (χ1v) is 35.6. The fourth-order valence-electron chi connectivity index (χ4n) is 10.7. The maximum atomic E-state index is 12.9. The first-order chi connectivity index (χ1) is 39.5. The number of carbonyl (C=O) groups excluding carboxylic acids is 3. The molecule has 0 bridgehead atoms. The van der Waals surface area contributed by atoms with Crippen molar-refractivity contribution in [2.75, 3.05) is 13.2 Å². The molecule has 1 atom stereocenters. The standard InChI is InChI=1S/C74H136O6/c1-4-7-10-13-16-19-22-25-28-31-32-33-34-35-36-37-38-39-40-41-42-44-46-49-52-55-58-61-64-67-73(76)79-70-71(69-78-72(75)66-63-60-57-54-51-48-45-30-27-24-21-18-15-12-9-6-3)80-74(77)68-65-62-59-56-53-50-47-43-29-26-23-20-17-14-11-8-5-2/h22,25-26,29,31-32,34-35,71H,4-21,23-24,27-28,30,33,36-70H2,1-3H3/b25-22-,29-26-,32-31-,35-34-. The molecule has 0 aliphatic carbocycles. The van der Waals surface area contributed by atoms with Crippen LogP contribution in [0.2, 0.25) is 0 Å². The number of hydrogen-bond donors (Lipinski definition) is 0. The van der Waals surface area contributed by atoms with Crippen molar-refractivity contribution in [1.29, 1.82) is 0 Å². The molecule has 6 heteroatoms. The first kappa shape index (κ1) is 77.4. The summed E-state index contributed by atoms with van der Waals surface area (Å²) in [6, 6.07) is 0. The van der Waals surface area contributed by atoms with Gasteiger partial charge in [-0.2, -0.15) is 0 Å². The summed E-state index contributed by atoms with van der Waals surface area (Å²) in [7, 11) is 0. The smallest absolute Gasteiger partial charge is 0.306 e. The highest BCUT2D eigenvalue weighted by molar-refractivity contribution is 5.71. The molecule has 6 nitrogen and oxygen atoms in total. The molecule has 0 N–H and O–H groups in total. The van der Waals surface area contributed by atoms with Crippen LogP contribution in [0.5, 0.6) is 0 Å². The molecule has 0 saturated heterocycles. The van der Waals surface area contributed by atoms with E-state index in [0.717, 1.165) is 70.6 Å². The van der Waals surface area contributed by atoms with Crippen molar-refractivity contribution < 1.29 is 28.6 Å². The molecule has 0 aliphatic rings. The predicted octanol–water partition coefficient (Wildman–Crippen LogP) is 24.5. The Morgan fingerprint density at radius 1 is 0.250 bits per heavy atom. The van der Waals surface area contributed by atoms with Gasteiger partial charge in [-0.15, -0.1) is 0 Å². The number of ether oxygens (including phenoxy) is 3. The minimum absolute atomic E-state index is 0.0697. The molecule has 0 aromatic heterocycles. The quantitative estimate of drug-likeness (QED) is 0.0261. The molecule has 80 heavy (non-hydrogen) atoms. The van der Waals surface area contributed by atoms with E-state index in [2.05, 4.69) is 69.4 Å². The van der Waals surface area contributed by atoms with Gasteiger partial charge in [0.05, 0.1) is 0 Å². The molecule has 0 fully saturated rings. The number of esters is 3. The Morgan fingerprint density at radius 3 is 0.713 bits per heavy atom. The van der Waals surface area contributed by atoms with E-state index in [1.165, 1.54) is 276 Å². The lowest BCUT2D eigenvalue weighted by Crippen LogP contribution is -2.30. The van der Waals surface area contributed by atoms with Crippen molar-refractivity contribution in [2.45, 2.75) is 393 Å². The van der Waals surface area contributed by atoms with Crippen LogP contribution in [0.1, 0.15) is 387 Å². The summed E-state index contributed by atoms with van der Waals surface area (Å²) in [5, 5.41) is 0. The fourth-order valence-corrected chi connectivity index (χ4v) is 10.7. The van der Waals surface area contributed by atoms with Crippen molar-refractivity contribution in [2.24, 2.45) is 0 Å². The van der Waals surface area contributed by atoms with Gasteiger partial charge >= 0.3 is 17.9 Å². The first-order valence-electron chi connectivity index (χ1n) is 35.6. The van der Waals surface area contributed by atoms with Gasteiger partial charge in [-0.05, 0) is 83.5 Å². The molecule has 0 aliphatic heterocycles. The van der Waals surface area contributed by atoms with Crippen LogP contribution in [0, 0.1) is 0 Å². The predicted molar refractivity (Wildman–Crippen MR) is 349 cm³/mol. The second-order valence-corrected chi connectivity index (χ2v) is 24.1. The molecule has 1 unspecified atom stereocenters. The van der Waals surface area contributed by atoms with Crippen molar-refractivity contribution >= 4 is 17.9 Å². The van der Waals surface area contributed by atoms with Crippen molar-refractivity contribution in [1.82, 2.24) is 0 Å². The van der Waals surface area contributed by atoms with E-state index in [-0.39, 0.29) is 31.1 Å². The van der Waals surface area contributed by atoms with Crippen LogP contribution >= 0.6 is 0 Å². The third-order valence-electron chi connectivity index (χ3n) is 16.1. The van der Waals surface area contributed by atoms with E-state index in [4.69, 9.17) is 14.2 Å². The van der Waals surface area contributed by atoms with Crippen molar-refractivity contribution in [3.05, 3.63) is 48.6 Å². The Kier molecular flexibility index (Phi) is 66.6. The second kappa shape index (κ2) is 68.9. The molecular formula is C74H136O6. The molecule has 0 saturated carbocycles. The zero-order chi connectivity index (χ0) is 57.8. The van der Waals surface area contributed by atoms with Crippen molar-refractivity contribution in [3.8, 4) is 0 Å². The molecule has 0 aromatic rings. The minimum Gasteiger partial charge on any atom is -0.462 e. The van der Waals surface area contributed by atoms with Gasteiger partial charge in [0.1, 0.15) is 13.2 Å². The summed E-state index contributed by atoms with van der Waals surface area (Å²) in [5.41, 5.74) is 0. The number of allylic oxidation sites excluding steroid dienone is 8. The molecule has 0 rings (SSSR count). The highest BCUT2D eigenvalue weighted by Gasteiger charge is 2.19. The average molecular weight is 1120 g/mol. The van der Waals surface area contributed by atoms with Gasteiger partial charge < -0.3 is 14.2 Å². The largest absolute Gasteiger partial charge is 0.462 e. The number of rotatable bonds is 66. The average Bonchev–Trinajstić information content (AvgIpc) is 3.46. The fraction of sp³-hybridized carbons (Fsp3) is 0.851. The van der Waals surface area contributed by atoms with Crippen molar-refractivity contribution in [3.63, 3.8) is 0 Å². The second-order valence-electron chi connectivity index (χ2n) is 24.1. The molecule has 468 valence electrons. The summed E-state index contributed by atoms with van der Waals surface area (Å²) >= 11 is 0. The van der Waals surface area contributed by atoms with Crippen LogP contribution < -0.4 is 0 Å². The third-order valence-corrected chi connectivity index (χ3v) is 16.1. The molecular weight excluding hydrogens is 985 g/mol. The lowest BCUT2D eigenvalue weighted by Gasteiger charge is -2.18. The molecule has 0 heterocycles. The SMILES string of the molecule is CCCCCCC/C=C\C/C=C\C/C=C\CCCCCCCCCCCCCCCCC(=O)OCC(COC(=O)CCCCCCCCCCCCCCCCCC)OC(=O)CCCCCCCCC/C=C\CCCCCCCC. The summed E-state index contributed by atoms with van der Waals surface area (Å²) in [5.74, 6) is -0.847. The zero-order valence-electron chi connectivity index (χ0n) is 53.9. The molecule has 0 radical (unpaired) electrons. The lowest BCUT2D eigenvalue weighted by atomic mass is 10.0. The van der Waals surface area contributed by atoms with Crippen LogP contribution in [0.25, 0.3) is 0 Å². The number of hydrogen-bond acceptors (Lipinski definition) is 6. The maximum Gasteiger partial charge on any atom is 0.306 e. The monoisotopic (exact) mass is 1120 g/mol. The Morgan fingerprint density at radius 2 is 0.450 bits per heavy atom. The maximum absolute atomic E-state index is 12.9. The van der Waals surface area contributed by atoms with Gasteiger partial charge in [0.15, 0.2) is 6.10 Å². The topological polar surface area (TPSA) is 78.9 Å². The normalized spacial score (nSPS) is 12.3. The number of carbonyl (C=O) groups is 3. The van der Waals surface area contributed by atoms with E-state index in [0.29, 0.717) is 19.3 Å². The highest BCUT2D eigenvalue weighted by atomic mass is 16.6. The van der Waals surface area contributed by atoms with E-state index in [9.17, 15) is 14.4 Å². The van der Waals surface area contributed by atoms with Crippen LogP contribution in [0.3, 0.4) is 0 Å². The lowest BCUT2D eigenvalue weighted by molar-refractivity contribution is -0.167. The minimum atomic E-state index is -0.774. The third kappa shape index (κ3) is 66.2. The molecule has 0 aromatic carbocycles. The summed E-state index contributed by atoms with van der Waals surface area (Å²) < 4.78 is 17.0. The van der Waals surface area contributed by atoms with Gasteiger partial charge in [0.25, 0.3) is 0 Å². The van der Waals surface area contributed by atoms with E-state index >= 15 is 0 Å². The Balaban J connectivity index is 4.24.